The van der Waals surface area contributed by atoms with E-state index in [9.17, 15) is 24.4 Å². The molecule has 3 rings (SSSR count). The summed E-state index contributed by atoms with van der Waals surface area (Å²) in [6.07, 6.45) is 0. The third-order valence-electron chi connectivity index (χ3n) is 3.07. The highest BCUT2D eigenvalue weighted by Crippen LogP contribution is 2.23. The smallest absolute Gasteiger partial charge is 0.383 e. The van der Waals surface area contributed by atoms with Crippen molar-refractivity contribution in [2.75, 3.05) is 0 Å². The fraction of sp³-hybridized carbons (Fsp3) is 0. The molecule has 2 heterocycles. The summed E-state index contributed by atoms with van der Waals surface area (Å²) >= 11 is 0. The van der Waals surface area contributed by atoms with Crippen LogP contribution in [0, 0.1) is 0 Å². The van der Waals surface area contributed by atoms with Crippen molar-refractivity contribution in [3.8, 4) is 0 Å². The molecule has 110 valence electrons. The topological polar surface area (TPSA) is 106 Å². The molecule has 8 heteroatoms. The number of carbonyl (C=O) groups excluding carboxylic acids is 3. The molecular formula is C14H8N2O6. The Balaban J connectivity index is 1.90. The molecule has 8 nitrogen and oxygen atoms in total. The van der Waals surface area contributed by atoms with Crippen LogP contribution in [-0.4, -0.2) is 32.8 Å². The second kappa shape index (κ2) is 4.85. The fourth-order valence-corrected chi connectivity index (χ4v) is 2.02. The van der Waals surface area contributed by atoms with Gasteiger partial charge in [0.25, 0.3) is 17.4 Å². The Hall–Kier alpha value is -3.42. The SMILES string of the molecule is O=C(ON1C(=O)c2ccccc2C1=O)c1cccc(=O)n1O. The normalized spacial score (nSPS) is 13.2. The summed E-state index contributed by atoms with van der Waals surface area (Å²) < 4.78 is 0.0699. The second-order valence-electron chi connectivity index (χ2n) is 4.39. The first-order chi connectivity index (χ1) is 10.5. The minimum atomic E-state index is -1.21. The molecule has 0 saturated heterocycles. The molecule has 1 aliphatic heterocycles. The Morgan fingerprint density at radius 3 is 2.09 bits per heavy atom. The quantitative estimate of drug-likeness (QED) is 0.637. The zero-order valence-corrected chi connectivity index (χ0v) is 10.9. The first kappa shape index (κ1) is 13.6. The first-order valence-electron chi connectivity index (χ1n) is 6.12. The first-order valence-corrected chi connectivity index (χ1v) is 6.12. The number of aromatic nitrogens is 1. The molecule has 0 aliphatic carbocycles. The van der Waals surface area contributed by atoms with Crippen LogP contribution in [-0.2, 0) is 4.84 Å². The summed E-state index contributed by atoms with van der Waals surface area (Å²) in [7, 11) is 0. The van der Waals surface area contributed by atoms with Crippen LogP contribution >= 0.6 is 0 Å². The number of carbonyl (C=O) groups is 3. The third-order valence-corrected chi connectivity index (χ3v) is 3.07. The fourth-order valence-electron chi connectivity index (χ4n) is 2.02. The van der Waals surface area contributed by atoms with Crippen LogP contribution in [0.3, 0.4) is 0 Å². The Morgan fingerprint density at radius 2 is 1.50 bits per heavy atom. The Morgan fingerprint density at radius 1 is 0.909 bits per heavy atom. The van der Waals surface area contributed by atoms with Crippen molar-refractivity contribution in [1.82, 2.24) is 9.79 Å². The van der Waals surface area contributed by atoms with Crippen molar-refractivity contribution in [2.45, 2.75) is 0 Å². The number of imide groups is 1. The molecule has 22 heavy (non-hydrogen) atoms. The summed E-state index contributed by atoms with van der Waals surface area (Å²) in [5, 5.41) is 9.76. The Kier molecular flexibility index (Phi) is 2.99. The van der Waals surface area contributed by atoms with E-state index in [1.807, 2.05) is 0 Å². The summed E-state index contributed by atoms with van der Waals surface area (Å²) in [6.45, 7) is 0. The van der Waals surface area contributed by atoms with Gasteiger partial charge in [0.2, 0.25) is 0 Å². The lowest BCUT2D eigenvalue weighted by Gasteiger charge is -2.13. The maximum atomic E-state index is 12.0. The highest BCUT2D eigenvalue weighted by atomic mass is 16.7. The second-order valence-corrected chi connectivity index (χ2v) is 4.39. The molecule has 0 saturated carbocycles. The molecule has 0 fully saturated rings. The Labute approximate surface area is 122 Å². The lowest BCUT2D eigenvalue weighted by molar-refractivity contribution is -0.0605. The van der Waals surface area contributed by atoms with Gasteiger partial charge < -0.3 is 10.0 Å². The van der Waals surface area contributed by atoms with Crippen molar-refractivity contribution < 1.29 is 24.4 Å². The Bertz CT molecular complexity index is 835. The van der Waals surface area contributed by atoms with Crippen molar-refractivity contribution in [2.24, 2.45) is 0 Å². The summed E-state index contributed by atoms with van der Waals surface area (Å²) in [5.74, 6) is -2.80. The predicted octanol–water partition coefficient (Wildman–Crippen LogP) is 0.454. The van der Waals surface area contributed by atoms with Gasteiger partial charge in [-0.25, -0.2) is 4.79 Å². The number of amides is 2. The van der Waals surface area contributed by atoms with Crippen LogP contribution in [0.15, 0.2) is 47.3 Å². The van der Waals surface area contributed by atoms with Crippen LogP contribution in [0.2, 0.25) is 0 Å². The molecule has 0 atom stereocenters. The monoisotopic (exact) mass is 300 g/mol. The molecule has 0 radical (unpaired) electrons. The number of benzene rings is 1. The van der Waals surface area contributed by atoms with Crippen molar-refractivity contribution >= 4 is 17.8 Å². The summed E-state index contributed by atoms with van der Waals surface area (Å²) in [6, 6.07) is 9.35. The molecule has 1 aromatic heterocycles. The van der Waals surface area contributed by atoms with Crippen LogP contribution in [0.4, 0.5) is 0 Å². The van der Waals surface area contributed by atoms with Crippen molar-refractivity contribution in [3.63, 3.8) is 0 Å². The van der Waals surface area contributed by atoms with E-state index in [4.69, 9.17) is 4.84 Å². The van der Waals surface area contributed by atoms with Crippen LogP contribution in [0.1, 0.15) is 31.2 Å². The number of rotatable bonds is 2. The molecule has 1 aromatic carbocycles. The molecule has 0 bridgehead atoms. The molecular weight excluding hydrogens is 292 g/mol. The van der Waals surface area contributed by atoms with E-state index in [0.29, 0.717) is 5.06 Å². The maximum Gasteiger partial charge on any atom is 0.383 e. The minimum Gasteiger partial charge on any atom is -0.425 e. The molecule has 1 N–H and O–H groups in total. The number of hydrogen-bond donors (Lipinski definition) is 1. The van der Waals surface area contributed by atoms with Crippen LogP contribution in [0.5, 0.6) is 0 Å². The largest absolute Gasteiger partial charge is 0.425 e. The van der Waals surface area contributed by atoms with E-state index < -0.39 is 29.0 Å². The van der Waals surface area contributed by atoms with E-state index in [1.54, 1.807) is 12.1 Å². The van der Waals surface area contributed by atoms with Gasteiger partial charge in [-0.2, -0.15) is 0 Å². The molecule has 0 spiro atoms. The van der Waals surface area contributed by atoms with Gasteiger partial charge in [0.1, 0.15) is 0 Å². The highest BCUT2D eigenvalue weighted by Gasteiger charge is 2.39. The maximum absolute atomic E-state index is 12.0. The molecule has 2 aromatic rings. The van der Waals surface area contributed by atoms with Gasteiger partial charge in [-0.15, -0.1) is 4.73 Å². The average Bonchev–Trinajstić information content (AvgIpc) is 2.75. The number of nitrogens with zero attached hydrogens (tertiary/aromatic N) is 2. The van der Waals surface area contributed by atoms with Gasteiger partial charge >= 0.3 is 5.97 Å². The van der Waals surface area contributed by atoms with Crippen molar-refractivity contribution in [3.05, 3.63) is 69.6 Å². The number of pyridine rings is 1. The average molecular weight is 300 g/mol. The third kappa shape index (κ3) is 1.94. The predicted molar refractivity (Wildman–Crippen MR) is 70.2 cm³/mol. The van der Waals surface area contributed by atoms with Crippen LogP contribution in [0.25, 0.3) is 0 Å². The molecule has 0 unspecified atom stereocenters. The number of fused-ring (bicyclic) bond motifs is 1. The van der Waals surface area contributed by atoms with E-state index in [0.717, 1.165) is 12.1 Å². The van der Waals surface area contributed by atoms with Gasteiger partial charge in [0.15, 0.2) is 5.69 Å². The zero-order valence-electron chi connectivity index (χ0n) is 10.9. The van der Waals surface area contributed by atoms with Crippen molar-refractivity contribution in [1.29, 1.82) is 0 Å². The van der Waals surface area contributed by atoms with Gasteiger partial charge in [-0.3, -0.25) is 14.4 Å². The number of hydrogen-bond acceptors (Lipinski definition) is 6. The van der Waals surface area contributed by atoms with Gasteiger partial charge in [0.05, 0.1) is 11.1 Å². The summed E-state index contributed by atoms with van der Waals surface area (Å²) in [5.41, 5.74) is -1.15. The van der Waals surface area contributed by atoms with E-state index in [-0.39, 0.29) is 15.9 Å². The van der Waals surface area contributed by atoms with E-state index in [1.165, 1.54) is 18.2 Å². The van der Waals surface area contributed by atoms with Gasteiger partial charge in [-0.1, -0.05) is 23.3 Å². The zero-order chi connectivity index (χ0) is 15.9. The van der Waals surface area contributed by atoms with E-state index >= 15 is 0 Å². The summed E-state index contributed by atoms with van der Waals surface area (Å²) in [4.78, 5) is 51.9. The molecule has 2 amide bonds. The molecule has 1 aliphatic rings. The lowest BCUT2D eigenvalue weighted by atomic mass is 10.1. The minimum absolute atomic E-state index is 0.0699. The highest BCUT2D eigenvalue weighted by molar-refractivity contribution is 6.21. The van der Waals surface area contributed by atoms with Gasteiger partial charge in [-0.05, 0) is 18.2 Å². The van der Waals surface area contributed by atoms with Gasteiger partial charge in [0, 0.05) is 6.07 Å². The number of hydroxylamine groups is 2. The van der Waals surface area contributed by atoms with Crippen LogP contribution < -0.4 is 5.56 Å². The standard InChI is InChI=1S/C14H8N2O6/c17-11-7-3-6-10(15(11)21)14(20)22-16-12(18)8-4-1-2-5-9(8)13(16)19/h1-7,21H. The van der Waals surface area contributed by atoms with E-state index in [2.05, 4.69) is 0 Å². The lowest BCUT2D eigenvalue weighted by Crippen LogP contribution is -2.34.